The van der Waals surface area contributed by atoms with Gasteiger partial charge in [0.2, 0.25) is 5.91 Å². The van der Waals surface area contributed by atoms with Crippen molar-refractivity contribution in [3.8, 4) is 0 Å². The predicted molar refractivity (Wildman–Crippen MR) is 99.6 cm³/mol. The lowest BCUT2D eigenvalue weighted by molar-refractivity contribution is -0.121. The van der Waals surface area contributed by atoms with Gasteiger partial charge in [0.1, 0.15) is 6.54 Å². The third-order valence-electron chi connectivity index (χ3n) is 5.20. The molecule has 25 heavy (non-hydrogen) atoms. The molecule has 136 valence electrons. The topological polar surface area (TPSA) is 59.3 Å². The van der Waals surface area contributed by atoms with Gasteiger partial charge in [-0.15, -0.1) is 0 Å². The number of nitrogens with zero attached hydrogens (tertiary/aromatic N) is 3. The second kappa shape index (κ2) is 7.87. The van der Waals surface area contributed by atoms with Gasteiger partial charge in [0, 0.05) is 13.6 Å². The van der Waals surface area contributed by atoms with Crippen molar-refractivity contribution in [3.63, 3.8) is 0 Å². The van der Waals surface area contributed by atoms with Crippen LogP contribution in [0.2, 0.25) is 0 Å². The summed E-state index contributed by atoms with van der Waals surface area (Å²) in [7, 11) is 1.73. The summed E-state index contributed by atoms with van der Waals surface area (Å²) in [6.45, 7) is 6.40. The number of nitrogens with one attached hydrogen (secondary N) is 1. The van der Waals surface area contributed by atoms with Crippen LogP contribution in [0, 0.1) is 5.92 Å². The third kappa shape index (κ3) is 4.12. The predicted octanol–water partition coefficient (Wildman–Crippen LogP) is 1.58. The van der Waals surface area contributed by atoms with Gasteiger partial charge < -0.3 is 10.2 Å². The number of rotatable bonds is 6. The standard InChI is InChI=1S/C19H28N4O2/c1-15-8-12-22(13-9-15)11-5-10-20-18(24)14-23-17-7-4-3-6-16(17)21(2)19(23)25/h3-4,6-7,15H,5,8-14H2,1-2H3,(H,20,24). The van der Waals surface area contributed by atoms with Crippen LogP contribution in [0.3, 0.4) is 0 Å². The Morgan fingerprint density at radius 2 is 1.88 bits per heavy atom. The highest BCUT2D eigenvalue weighted by atomic mass is 16.2. The van der Waals surface area contributed by atoms with Crippen LogP contribution in [0.1, 0.15) is 26.2 Å². The molecule has 3 rings (SSSR count). The second-order valence-electron chi connectivity index (χ2n) is 7.14. The number of aromatic nitrogens is 2. The molecule has 2 aromatic rings. The van der Waals surface area contributed by atoms with Crippen molar-refractivity contribution in [3.05, 3.63) is 34.7 Å². The summed E-state index contributed by atoms with van der Waals surface area (Å²) in [6.07, 6.45) is 3.50. The van der Waals surface area contributed by atoms with Crippen LogP contribution in [0.25, 0.3) is 11.0 Å². The zero-order chi connectivity index (χ0) is 17.8. The summed E-state index contributed by atoms with van der Waals surface area (Å²) in [4.78, 5) is 27.0. The molecule has 1 aliphatic rings. The highest BCUT2D eigenvalue weighted by Gasteiger charge is 2.15. The molecule has 0 radical (unpaired) electrons. The molecule has 1 saturated heterocycles. The van der Waals surface area contributed by atoms with Crippen LogP contribution < -0.4 is 11.0 Å². The maximum atomic E-state index is 12.3. The first-order chi connectivity index (χ1) is 12.1. The number of likely N-dealkylation sites (tertiary alicyclic amines) is 1. The Morgan fingerprint density at radius 3 is 2.60 bits per heavy atom. The number of piperidine rings is 1. The lowest BCUT2D eigenvalue weighted by Gasteiger charge is -2.30. The molecule has 0 saturated carbocycles. The average Bonchev–Trinajstić information content (AvgIpc) is 2.86. The number of amides is 1. The molecular formula is C19H28N4O2. The van der Waals surface area contributed by atoms with Crippen LogP contribution in [0.4, 0.5) is 0 Å². The maximum Gasteiger partial charge on any atom is 0.329 e. The number of imidazole rings is 1. The fourth-order valence-corrected chi connectivity index (χ4v) is 3.53. The van der Waals surface area contributed by atoms with Crippen LogP contribution in [0.15, 0.2) is 29.1 Å². The Morgan fingerprint density at radius 1 is 1.20 bits per heavy atom. The van der Waals surface area contributed by atoms with Gasteiger partial charge in [-0.05, 0) is 56.9 Å². The number of carbonyl (C=O) groups is 1. The summed E-state index contributed by atoms with van der Waals surface area (Å²) < 4.78 is 3.12. The molecule has 1 aliphatic heterocycles. The van der Waals surface area contributed by atoms with Crippen molar-refractivity contribution in [1.82, 2.24) is 19.4 Å². The number of para-hydroxylation sites is 2. The van der Waals surface area contributed by atoms with E-state index in [0.29, 0.717) is 6.54 Å². The Bertz CT molecular complexity index is 784. The smallest absolute Gasteiger partial charge is 0.329 e. The Balaban J connectivity index is 1.49. The van der Waals surface area contributed by atoms with Gasteiger partial charge in [-0.2, -0.15) is 0 Å². The number of hydrogen-bond acceptors (Lipinski definition) is 3. The van der Waals surface area contributed by atoms with E-state index in [1.54, 1.807) is 11.6 Å². The van der Waals surface area contributed by atoms with E-state index in [9.17, 15) is 9.59 Å². The molecule has 0 unspecified atom stereocenters. The Kier molecular flexibility index (Phi) is 5.58. The summed E-state index contributed by atoms with van der Waals surface area (Å²) in [5.74, 6) is 0.737. The summed E-state index contributed by atoms with van der Waals surface area (Å²) in [6, 6.07) is 7.55. The maximum absolute atomic E-state index is 12.3. The van der Waals surface area contributed by atoms with E-state index in [4.69, 9.17) is 0 Å². The van der Waals surface area contributed by atoms with Crippen LogP contribution in [0.5, 0.6) is 0 Å². The molecule has 1 amide bonds. The highest BCUT2D eigenvalue weighted by Crippen LogP contribution is 2.15. The number of benzene rings is 1. The van der Waals surface area contributed by atoms with Crippen molar-refractivity contribution < 1.29 is 4.79 Å². The van der Waals surface area contributed by atoms with Gasteiger partial charge in [0.25, 0.3) is 0 Å². The van der Waals surface area contributed by atoms with Crippen LogP contribution in [-0.2, 0) is 18.4 Å². The minimum absolute atomic E-state index is 0.0708. The molecule has 1 N–H and O–H groups in total. The lowest BCUT2D eigenvalue weighted by atomic mass is 9.99. The van der Waals surface area contributed by atoms with Gasteiger partial charge in [-0.1, -0.05) is 19.1 Å². The van der Waals surface area contributed by atoms with E-state index in [-0.39, 0.29) is 18.1 Å². The van der Waals surface area contributed by atoms with E-state index in [0.717, 1.165) is 29.9 Å². The number of carbonyl (C=O) groups excluding carboxylic acids is 1. The fraction of sp³-hybridized carbons (Fsp3) is 0.579. The van der Waals surface area contributed by atoms with Crippen molar-refractivity contribution in [1.29, 1.82) is 0 Å². The van der Waals surface area contributed by atoms with Crippen molar-refractivity contribution in [2.75, 3.05) is 26.2 Å². The van der Waals surface area contributed by atoms with E-state index in [1.807, 2.05) is 24.3 Å². The Labute approximate surface area is 148 Å². The largest absolute Gasteiger partial charge is 0.354 e. The van der Waals surface area contributed by atoms with E-state index >= 15 is 0 Å². The number of aryl methyl sites for hydroxylation is 1. The highest BCUT2D eigenvalue weighted by molar-refractivity contribution is 5.80. The average molecular weight is 344 g/mol. The monoisotopic (exact) mass is 344 g/mol. The summed E-state index contributed by atoms with van der Waals surface area (Å²) >= 11 is 0. The van der Waals surface area contributed by atoms with Gasteiger partial charge >= 0.3 is 5.69 Å². The molecular weight excluding hydrogens is 316 g/mol. The summed E-state index contributed by atoms with van der Waals surface area (Å²) in [5, 5.41) is 2.95. The molecule has 1 fully saturated rings. The molecule has 6 heteroatoms. The van der Waals surface area contributed by atoms with E-state index in [1.165, 1.54) is 30.5 Å². The third-order valence-corrected chi connectivity index (χ3v) is 5.20. The van der Waals surface area contributed by atoms with Gasteiger partial charge in [0.05, 0.1) is 11.0 Å². The lowest BCUT2D eigenvalue weighted by Crippen LogP contribution is -2.36. The SMILES string of the molecule is CC1CCN(CCCNC(=O)Cn2c(=O)n(C)c3ccccc32)CC1. The minimum atomic E-state index is -0.154. The first-order valence-corrected chi connectivity index (χ1v) is 9.19. The van der Waals surface area contributed by atoms with Crippen molar-refractivity contribution in [2.24, 2.45) is 13.0 Å². The van der Waals surface area contributed by atoms with Gasteiger partial charge in [-0.3, -0.25) is 13.9 Å². The quantitative estimate of drug-likeness (QED) is 0.810. The molecule has 2 heterocycles. The van der Waals surface area contributed by atoms with Crippen molar-refractivity contribution in [2.45, 2.75) is 32.7 Å². The number of hydrogen-bond donors (Lipinski definition) is 1. The molecule has 0 bridgehead atoms. The number of fused-ring (bicyclic) bond motifs is 1. The normalized spacial score (nSPS) is 16.4. The zero-order valence-corrected chi connectivity index (χ0v) is 15.2. The zero-order valence-electron chi connectivity index (χ0n) is 15.2. The molecule has 1 aromatic heterocycles. The molecule has 0 spiro atoms. The molecule has 1 aromatic carbocycles. The van der Waals surface area contributed by atoms with Crippen LogP contribution in [-0.4, -0.2) is 46.1 Å². The minimum Gasteiger partial charge on any atom is -0.354 e. The van der Waals surface area contributed by atoms with E-state index < -0.39 is 0 Å². The molecule has 0 atom stereocenters. The van der Waals surface area contributed by atoms with Gasteiger partial charge in [-0.25, -0.2) is 4.79 Å². The Hall–Kier alpha value is -2.08. The van der Waals surface area contributed by atoms with Crippen molar-refractivity contribution >= 4 is 16.9 Å². The van der Waals surface area contributed by atoms with Gasteiger partial charge in [0.15, 0.2) is 0 Å². The van der Waals surface area contributed by atoms with Crippen LogP contribution >= 0.6 is 0 Å². The first kappa shape index (κ1) is 17.7. The first-order valence-electron chi connectivity index (χ1n) is 9.19. The molecule has 6 nitrogen and oxygen atoms in total. The molecule has 0 aliphatic carbocycles. The summed E-state index contributed by atoms with van der Waals surface area (Å²) in [5.41, 5.74) is 1.49. The van der Waals surface area contributed by atoms with E-state index in [2.05, 4.69) is 17.1 Å². The second-order valence-corrected chi connectivity index (χ2v) is 7.14. The fourth-order valence-electron chi connectivity index (χ4n) is 3.53.